The Morgan fingerprint density at radius 1 is 0.800 bits per heavy atom. The molecule has 2 rings (SSSR count). The molecule has 0 aliphatic heterocycles. The van der Waals surface area contributed by atoms with Gasteiger partial charge in [0, 0.05) is 12.1 Å². The van der Waals surface area contributed by atoms with Crippen molar-refractivity contribution in [2.24, 2.45) is 23.7 Å². The van der Waals surface area contributed by atoms with E-state index >= 15 is 0 Å². The summed E-state index contributed by atoms with van der Waals surface area (Å²) in [5.41, 5.74) is 0. The fraction of sp³-hybridized carbons (Fsp3) is 0.895. The van der Waals surface area contributed by atoms with E-state index in [1.807, 2.05) is 0 Å². The number of nitrogens with one attached hydrogen (secondary N) is 2. The maximum atomic E-state index is 11.5. The van der Waals surface area contributed by atoms with Crippen LogP contribution in [-0.2, 0) is 9.59 Å². The van der Waals surface area contributed by atoms with Crippen LogP contribution < -0.4 is 10.6 Å². The van der Waals surface area contributed by atoms with Crippen molar-refractivity contribution in [2.75, 3.05) is 11.8 Å². The van der Waals surface area contributed by atoms with Gasteiger partial charge in [0.1, 0.15) is 11.8 Å². The van der Waals surface area contributed by atoms with Gasteiger partial charge in [-0.3, -0.25) is 9.59 Å². The molecule has 0 spiro atoms. The van der Waals surface area contributed by atoms with Crippen LogP contribution in [0.2, 0.25) is 0 Å². The van der Waals surface area contributed by atoms with Crippen LogP contribution in [0.25, 0.3) is 0 Å². The molecule has 0 aromatic rings. The number of amides is 2. The lowest BCUT2D eigenvalue weighted by Gasteiger charge is -2.39. The summed E-state index contributed by atoms with van der Waals surface area (Å²) in [4.78, 5) is 23.0. The highest BCUT2D eigenvalue weighted by Gasteiger charge is 2.33. The molecule has 0 heterocycles. The highest BCUT2D eigenvalue weighted by Crippen LogP contribution is 2.39. The second kappa shape index (κ2) is 10.0. The Labute approximate surface area is 161 Å². The van der Waals surface area contributed by atoms with Gasteiger partial charge in [0.15, 0.2) is 0 Å². The van der Waals surface area contributed by atoms with Gasteiger partial charge in [-0.25, -0.2) is 0 Å². The third-order valence-electron chi connectivity index (χ3n) is 6.16. The molecule has 6 heteroatoms. The quantitative estimate of drug-likeness (QED) is 0.679. The van der Waals surface area contributed by atoms with Crippen LogP contribution in [-0.4, -0.2) is 35.7 Å². The summed E-state index contributed by atoms with van der Waals surface area (Å²) in [7, 11) is 0. The summed E-state index contributed by atoms with van der Waals surface area (Å²) in [6.45, 7) is 4.49. The monoisotopic (exact) mass is 390 g/mol. The number of hydrogen-bond donors (Lipinski definition) is 2. The standard InChI is InChI=1S/C19H32Cl2N2O2/c1-12-7-14(3-5-16(12)22-18(24)10-20)9-15-4-6-17(13(2)8-15)23-19(25)11-21/h12-17H,3-11H2,1-2H3,(H,22,24)(H,23,25)/t12-,13-,14-,15-,16+,17+/m1/s1. The molecule has 0 saturated heterocycles. The van der Waals surface area contributed by atoms with E-state index in [9.17, 15) is 9.59 Å². The molecule has 2 N–H and O–H groups in total. The summed E-state index contributed by atoms with van der Waals surface area (Å²) >= 11 is 11.2. The number of carbonyl (C=O) groups excluding carboxylic acids is 2. The van der Waals surface area contributed by atoms with Crippen molar-refractivity contribution in [1.82, 2.24) is 10.6 Å². The second-order valence-electron chi connectivity index (χ2n) is 8.16. The highest BCUT2D eigenvalue weighted by molar-refractivity contribution is 6.27. The zero-order valence-corrected chi connectivity index (χ0v) is 16.9. The average molecular weight is 391 g/mol. The Balaban J connectivity index is 1.75. The molecular weight excluding hydrogens is 359 g/mol. The number of rotatable bonds is 6. The first-order valence-electron chi connectivity index (χ1n) is 9.63. The molecular formula is C19H32Cl2N2O2. The smallest absolute Gasteiger partial charge is 0.235 e. The van der Waals surface area contributed by atoms with E-state index in [1.165, 1.54) is 32.1 Å². The van der Waals surface area contributed by atoms with Crippen LogP contribution in [0.5, 0.6) is 0 Å². The van der Waals surface area contributed by atoms with Crippen LogP contribution in [0.4, 0.5) is 0 Å². The highest BCUT2D eigenvalue weighted by atomic mass is 35.5. The van der Waals surface area contributed by atoms with Crippen LogP contribution in [0.15, 0.2) is 0 Å². The lowest BCUT2D eigenvalue weighted by atomic mass is 9.70. The van der Waals surface area contributed by atoms with Crippen LogP contribution in [0.3, 0.4) is 0 Å². The summed E-state index contributed by atoms with van der Waals surface area (Å²) in [5.74, 6) is 2.54. The lowest BCUT2D eigenvalue weighted by molar-refractivity contribution is -0.120. The second-order valence-corrected chi connectivity index (χ2v) is 8.70. The Morgan fingerprint density at radius 3 is 1.52 bits per heavy atom. The molecule has 4 nitrogen and oxygen atoms in total. The van der Waals surface area contributed by atoms with E-state index < -0.39 is 0 Å². The van der Waals surface area contributed by atoms with Gasteiger partial charge in [-0.05, 0) is 68.6 Å². The van der Waals surface area contributed by atoms with Crippen LogP contribution >= 0.6 is 23.2 Å². The predicted molar refractivity (Wildman–Crippen MR) is 103 cm³/mol. The van der Waals surface area contributed by atoms with E-state index in [1.54, 1.807) is 0 Å². The molecule has 2 saturated carbocycles. The zero-order valence-electron chi connectivity index (χ0n) is 15.4. The van der Waals surface area contributed by atoms with Crippen molar-refractivity contribution in [1.29, 1.82) is 0 Å². The van der Waals surface area contributed by atoms with Gasteiger partial charge in [0.05, 0.1) is 0 Å². The first kappa shape index (κ1) is 20.8. The fourth-order valence-corrected chi connectivity index (χ4v) is 4.99. The zero-order chi connectivity index (χ0) is 18.4. The average Bonchev–Trinajstić information content (AvgIpc) is 2.59. The van der Waals surface area contributed by atoms with Crippen molar-refractivity contribution in [3.63, 3.8) is 0 Å². The van der Waals surface area contributed by atoms with Crippen molar-refractivity contribution in [3.8, 4) is 0 Å². The van der Waals surface area contributed by atoms with Gasteiger partial charge >= 0.3 is 0 Å². The number of alkyl halides is 2. The third kappa shape index (κ3) is 6.32. The minimum absolute atomic E-state index is 0.0496. The Hall–Kier alpha value is -0.480. The van der Waals surface area contributed by atoms with Gasteiger partial charge in [0.25, 0.3) is 0 Å². The van der Waals surface area contributed by atoms with Gasteiger partial charge in [-0.15, -0.1) is 23.2 Å². The largest absolute Gasteiger partial charge is 0.352 e. The Morgan fingerprint density at radius 2 is 1.20 bits per heavy atom. The molecule has 2 amide bonds. The van der Waals surface area contributed by atoms with Gasteiger partial charge in [0.2, 0.25) is 11.8 Å². The predicted octanol–water partition coefficient (Wildman–Crippen LogP) is 3.70. The van der Waals surface area contributed by atoms with E-state index in [2.05, 4.69) is 24.5 Å². The summed E-state index contributed by atoms with van der Waals surface area (Å²) < 4.78 is 0. The van der Waals surface area contributed by atoms with Gasteiger partial charge < -0.3 is 10.6 Å². The van der Waals surface area contributed by atoms with Crippen LogP contribution in [0, 0.1) is 23.7 Å². The molecule has 0 aromatic heterocycles. The summed E-state index contributed by atoms with van der Waals surface area (Å²) in [6, 6.07) is 0.561. The molecule has 0 bridgehead atoms. The van der Waals surface area contributed by atoms with Crippen molar-refractivity contribution < 1.29 is 9.59 Å². The van der Waals surface area contributed by atoms with Crippen molar-refractivity contribution >= 4 is 35.0 Å². The molecule has 0 aromatic carbocycles. The van der Waals surface area contributed by atoms with E-state index in [0.717, 1.165) is 24.7 Å². The molecule has 6 atom stereocenters. The van der Waals surface area contributed by atoms with E-state index in [0.29, 0.717) is 11.8 Å². The summed E-state index contributed by atoms with van der Waals surface area (Å²) in [5, 5.41) is 6.11. The molecule has 2 aliphatic carbocycles. The summed E-state index contributed by atoms with van der Waals surface area (Å²) in [6.07, 6.45) is 8.15. The number of halogens is 2. The molecule has 0 unspecified atom stereocenters. The molecule has 0 radical (unpaired) electrons. The number of hydrogen-bond acceptors (Lipinski definition) is 2. The minimum atomic E-state index is -0.0527. The third-order valence-corrected chi connectivity index (χ3v) is 6.64. The first-order chi connectivity index (χ1) is 11.9. The molecule has 25 heavy (non-hydrogen) atoms. The number of carbonyl (C=O) groups is 2. The topological polar surface area (TPSA) is 58.2 Å². The first-order valence-corrected chi connectivity index (χ1v) is 10.7. The maximum Gasteiger partial charge on any atom is 0.235 e. The van der Waals surface area contributed by atoms with Crippen LogP contribution in [0.1, 0.15) is 58.8 Å². The fourth-order valence-electron chi connectivity index (χ4n) is 4.83. The SMILES string of the molecule is C[C@@H]1C[C@H](C[C@@H]2CC[C@H](NC(=O)CCl)[C@H](C)C2)CC[C@@H]1NC(=O)CCl. The minimum Gasteiger partial charge on any atom is -0.352 e. The van der Waals surface area contributed by atoms with Gasteiger partial charge in [-0.2, -0.15) is 0 Å². The van der Waals surface area contributed by atoms with Crippen molar-refractivity contribution in [3.05, 3.63) is 0 Å². The van der Waals surface area contributed by atoms with E-state index in [4.69, 9.17) is 23.2 Å². The van der Waals surface area contributed by atoms with Crippen molar-refractivity contribution in [2.45, 2.75) is 70.9 Å². The molecule has 144 valence electrons. The maximum absolute atomic E-state index is 11.5. The van der Waals surface area contributed by atoms with Gasteiger partial charge in [-0.1, -0.05) is 13.8 Å². The molecule has 2 fully saturated rings. The normalized spacial score (nSPS) is 35.8. The van der Waals surface area contributed by atoms with E-state index in [-0.39, 0.29) is 35.7 Å². The Bertz CT molecular complexity index is 421. The molecule has 2 aliphatic rings. The lowest BCUT2D eigenvalue weighted by Crippen LogP contribution is -2.44. The Kier molecular flexibility index (Phi) is 8.34.